The Labute approximate surface area is 136 Å². The van der Waals surface area contributed by atoms with Crippen molar-refractivity contribution in [3.63, 3.8) is 0 Å². The number of aliphatic hydroxyl groups is 1. The number of ether oxygens (including phenoxy) is 1. The Morgan fingerprint density at radius 3 is 2.26 bits per heavy atom. The molecule has 1 aliphatic carbocycles. The SMILES string of the molecule is C[C@H](O)c1ccc(NC(=O)[C@]23CC[C@](C)(C(=O)O2)C3(C)C)cc1. The zero-order chi connectivity index (χ0) is 17.0. The van der Waals surface area contributed by atoms with Gasteiger partial charge in [-0.05, 0) is 44.4 Å². The van der Waals surface area contributed by atoms with Crippen molar-refractivity contribution in [1.29, 1.82) is 0 Å². The number of aliphatic hydroxyl groups excluding tert-OH is 1. The molecule has 0 radical (unpaired) electrons. The molecule has 1 amide bonds. The molecule has 1 saturated heterocycles. The molecular weight excluding hydrogens is 294 g/mol. The normalized spacial score (nSPS) is 32.5. The number of carbonyl (C=O) groups is 2. The van der Waals surface area contributed by atoms with Crippen molar-refractivity contribution in [3.8, 4) is 0 Å². The second-order valence-corrected chi connectivity index (χ2v) is 7.43. The Morgan fingerprint density at radius 2 is 1.83 bits per heavy atom. The quantitative estimate of drug-likeness (QED) is 0.841. The van der Waals surface area contributed by atoms with E-state index in [9.17, 15) is 14.7 Å². The van der Waals surface area contributed by atoms with Crippen LogP contribution in [0.25, 0.3) is 0 Å². The zero-order valence-corrected chi connectivity index (χ0v) is 14.0. The lowest BCUT2D eigenvalue weighted by Gasteiger charge is -2.35. The highest BCUT2D eigenvalue weighted by Crippen LogP contribution is 2.65. The number of anilines is 1. The molecule has 1 heterocycles. The Morgan fingerprint density at radius 1 is 1.22 bits per heavy atom. The van der Waals surface area contributed by atoms with Crippen LogP contribution < -0.4 is 5.32 Å². The van der Waals surface area contributed by atoms with Gasteiger partial charge in [0.25, 0.3) is 5.91 Å². The summed E-state index contributed by atoms with van der Waals surface area (Å²) < 4.78 is 5.57. The number of rotatable bonds is 3. The first-order valence-corrected chi connectivity index (χ1v) is 7.97. The lowest BCUT2D eigenvalue weighted by atomic mass is 9.66. The number of benzene rings is 1. The summed E-state index contributed by atoms with van der Waals surface area (Å²) in [5.41, 5.74) is -0.869. The van der Waals surface area contributed by atoms with Crippen LogP contribution in [-0.4, -0.2) is 22.6 Å². The van der Waals surface area contributed by atoms with Crippen molar-refractivity contribution >= 4 is 17.6 Å². The van der Waals surface area contributed by atoms with Crippen LogP contribution in [-0.2, 0) is 14.3 Å². The van der Waals surface area contributed by atoms with Crippen molar-refractivity contribution < 1.29 is 19.4 Å². The third-order valence-corrected chi connectivity index (χ3v) is 6.10. The maximum atomic E-state index is 12.9. The Bertz CT molecular complexity index is 664. The molecule has 3 atom stereocenters. The highest BCUT2D eigenvalue weighted by Gasteiger charge is 2.75. The van der Waals surface area contributed by atoms with E-state index in [-0.39, 0.29) is 11.9 Å². The van der Waals surface area contributed by atoms with Crippen LogP contribution in [0.5, 0.6) is 0 Å². The fourth-order valence-electron chi connectivity index (χ4n) is 3.82. The lowest BCUT2D eigenvalue weighted by molar-refractivity contribution is -0.165. The van der Waals surface area contributed by atoms with Crippen LogP contribution in [0.4, 0.5) is 5.69 Å². The third-order valence-electron chi connectivity index (χ3n) is 6.10. The highest BCUT2D eigenvalue weighted by molar-refractivity contribution is 6.03. The molecule has 0 spiro atoms. The standard InChI is InChI=1S/C18H23NO4/c1-11(20)12-5-7-13(8-6-12)19-14(21)18-10-9-17(4,15(22)23-18)16(18,2)3/h5-8,11,20H,9-10H2,1-4H3,(H,19,21)/t11-,17+,18-/m0/s1. The van der Waals surface area contributed by atoms with E-state index in [0.29, 0.717) is 18.5 Å². The van der Waals surface area contributed by atoms with E-state index in [1.807, 2.05) is 20.8 Å². The van der Waals surface area contributed by atoms with Gasteiger partial charge in [0.15, 0.2) is 5.60 Å². The maximum absolute atomic E-state index is 12.9. The predicted molar refractivity (Wildman–Crippen MR) is 85.7 cm³/mol. The van der Waals surface area contributed by atoms with Crippen molar-refractivity contribution in [2.45, 2.75) is 52.2 Å². The first kappa shape index (κ1) is 16.0. The smallest absolute Gasteiger partial charge is 0.313 e. The van der Waals surface area contributed by atoms with Gasteiger partial charge in [-0.1, -0.05) is 26.0 Å². The molecule has 2 aliphatic rings. The number of hydrogen-bond acceptors (Lipinski definition) is 4. The fourth-order valence-corrected chi connectivity index (χ4v) is 3.82. The second kappa shape index (κ2) is 4.81. The second-order valence-electron chi connectivity index (χ2n) is 7.43. The first-order valence-electron chi connectivity index (χ1n) is 7.97. The van der Waals surface area contributed by atoms with Crippen molar-refractivity contribution in [1.82, 2.24) is 0 Å². The number of hydrogen-bond donors (Lipinski definition) is 2. The van der Waals surface area contributed by atoms with E-state index in [4.69, 9.17) is 4.74 Å². The van der Waals surface area contributed by atoms with Gasteiger partial charge >= 0.3 is 5.97 Å². The van der Waals surface area contributed by atoms with Gasteiger partial charge in [0, 0.05) is 11.1 Å². The summed E-state index contributed by atoms with van der Waals surface area (Å²) in [4.78, 5) is 25.1. The van der Waals surface area contributed by atoms with Gasteiger partial charge in [-0.3, -0.25) is 9.59 Å². The zero-order valence-electron chi connectivity index (χ0n) is 14.0. The number of fused-ring (bicyclic) bond motifs is 2. The summed E-state index contributed by atoms with van der Waals surface area (Å²) in [6, 6.07) is 7.02. The van der Waals surface area contributed by atoms with Gasteiger partial charge in [-0.2, -0.15) is 0 Å². The Balaban J connectivity index is 1.85. The predicted octanol–water partition coefficient (Wildman–Crippen LogP) is 2.80. The third kappa shape index (κ3) is 1.96. The molecule has 0 aromatic heterocycles. The van der Waals surface area contributed by atoms with Gasteiger partial charge in [0.05, 0.1) is 11.5 Å². The van der Waals surface area contributed by atoms with E-state index in [1.54, 1.807) is 31.2 Å². The van der Waals surface area contributed by atoms with Crippen molar-refractivity contribution in [2.75, 3.05) is 5.32 Å². The van der Waals surface area contributed by atoms with E-state index in [1.165, 1.54) is 0 Å². The number of nitrogens with one attached hydrogen (secondary N) is 1. The maximum Gasteiger partial charge on any atom is 0.313 e. The first-order chi connectivity index (χ1) is 10.6. The van der Waals surface area contributed by atoms with Crippen LogP contribution in [0.2, 0.25) is 0 Å². The number of esters is 1. The molecule has 2 fully saturated rings. The molecule has 1 aromatic carbocycles. The molecule has 2 N–H and O–H groups in total. The highest BCUT2D eigenvalue weighted by atomic mass is 16.6. The molecule has 5 heteroatoms. The Hall–Kier alpha value is -1.88. The average Bonchev–Trinajstić information content (AvgIpc) is 2.78. The molecule has 1 saturated carbocycles. The van der Waals surface area contributed by atoms with E-state index in [0.717, 1.165) is 5.56 Å². The molecule has 3 rings (SSSR count). The minimum absolute atomic E-state index is 0.276. The molecule has 124 valence electrons. The molecule has 1 aliphatic heterocycles. The minimum atomic E-state index is -1.11. The monoisotopic (exact) mass is 317 g/mol. The van der Waals surface area contributed by atoms with Crippen LogP contribution in [0, 0.1) is 10.8 Å². The average molecular weight is 317 g/mol. The van der Waals surface area contributed by atoms with Gasteiger partial charge in [-0.25, -0.2) is 0 Å². The largest absolute Gasteiger partial charge is 0.448 e. The minimum Gasteiger partial charge on any atom is -0.448 e. The Kier molecular flexibility index (Phi) is 3.34. The molecule has 1 aromatic rings. The fraction of sp³-hybridized carbons (Fsp3) is 0.556. The summed E-state index contributed by atoms with van der Waals surface area (Å²) >= 11 is 0. The molecule has 5 nitrogen and oxygen atoms in total. The van der Waals surface area contributed by atoms with Crippen LogP contribution in [0.15, 0.2) is 24.3 Å². The van der Waals surface area contributed by atoms with Gasteiger partial charge in [-0.15, -0.1) is 0 Å². The van der Waals surface area contributed by atoms with Gasteiger partial charge in [0.1, 0.15) is 0 Å². The topological polar surface area (TPSA) is 75.6 Å². The van der Waals surface area contributed by atoms with Crippen LogP contribution >= 0.6 is 0 Å². The number of amides is 1. The summed E-state index contributed by atoms with van der Waals surface area (Å²) in [7, 11) is 0. The van der Waals surface area contributed by atoms with Crippen molar-refractivity contribution in [2.24, 2.45) is 10.8 Å². The van der Waals surface area contributed by atoms with Crippen LogP contribution in [0.1, 0.15) is 52.2 Å². The number of carbonyl (C=O) groups excluding carboxylic acids is 2. The molecule has 2 bridgehead atoms. The van der Waals surface area contributed by atoms with Crippen LogP contribution in [0.3, 0.4) is 0 Å². The summed E-state index contributed by atoms with van der Waals surface area (Å²) in [6.07, 6.45) is 0.649. The van der Waals surface area contributed by atoms with Crippen molar-refractivity contribution in [3.05, 3.63) is 29.8 Å². The molecule has 0 unspecified atom stereocenters. The van der Waals surface area contributed by atoms with E-state index in [2.05, 4.69) is 5.32 Å². The molecular formula is C18H23NO4. The molecule has 23 heavy (non-hydrogen) atoms. The van der Waals surface area contributed by atoms with E-state index >= 15 is 0 Å². The summed E-state index contributed by atoms with van der Waals surface area (Å²) in [5.74, 6) is -0.560. The van der Waals surface area contributed by atoms with E-state index < -0.39 is 22.5 Å². The summed E-state index contributed by atoms with van der Waals surface area (Å²) in [6.45, 7) is 7.43. The summed E-state index contributed by atoms with van der Waals surface area (Å²) in [5, 5.41) is 12.4. The van der Waals surface area contributed by atoms with Gasteiger partial charge in [0.2, 0.25) is 0 Å². The lowest BCUT2D eigenvalue weighted by Crippen LogP contribution is -2.50. The van der Waals surface area contributed by atoms with Gasteiger partial charge < -0.3 is 15.2 Å².